The minimum Gasteiger partial charge on any atom is -0.492 e. The zero-order valence-electron chi connectivity index (χ0n) is 17.4. The summed E-state index contributed by atoms with van der Waals surface area (Å²) < 4.78 is 5.62. The number of nitro benzene ring substituents is 1. The van der Waals surface area contributed by atoms with E-state index in [1.807, 2.05) is 37.3 Å². The van der Waals surface area contributed by atoms with Gasteiger partial charge in [-0.25, -0.2) is 4.79 Å². The lowest BCUT2D eigenvalue weighted by molar-refractivity contribution is -0.384. The maximum atomic E-state index is 13.0. The number of rotatable bonds is 9. The first-order valence-electron chi connectivity index (χ1n) is 10.1. The van der Waals surface area contributed by atoms with E-state index >= 15 is 0 Å². The van der Waals surface area contributed by atoms with Crippen LogP contribution in [0.4, 0.5) is 11.4 Å². The molecule has 0 atom stereocenters. The number of non-ortho nitro benzene ring substituents is 1. The van der Waals surface area contributed by atoms with E-state index < -0.39 is 16.8 Å². The zero-order valence-corrected chi connectivity index (χ0v) is 17.4. The molecule has 0 aliphatic carbocycles. The summed E-state index contributed by atoms with van der Waals surface area (Å²) in [6, 6.07) is 17.7. The predicted octanol–water partition coefficient (Wildman–Crippen LogP) is 5.39. The summed E-state index contributed by atoms with van der Waals surface area (Å²) in [6.07, 6.45) is 1.57. The van der Waals surface area contributed by atoms with Crippen molar-refractivity contribution in [2.45, 2.75) is 19.8 Å². The van der Waals surface area contributed by atoms with Crippen molar-refractivity contribution in [3.8, 4) is 16.9 Å². The van der Waals surface area contributed by atoms with Crippen molar-refractivity contribution in [2.75, 3.05) is 11.9 Å². The highest BCUT2D eigenvalue weighted by Gasteiger charge is 2.20. The Morgan fingerprint density at radius 2 is 1.72 bits per heavy atom. The Kier molecular flexibility index (Phi) is 7.17. The minimum atomic E-state index is -1.19. The van der Waals surface area contributed by atoms with Crippen molar-refractivity contribution in [2.24, 2.45) is 0 Å². The highest BCUT2D eigenvalue weighted by molar-refractivity contribution is 6.09. The first-order chi connectivity index (χ1) is 15.4. The molecule has 0 unspecified atom stereocenters. The number of nitrogens with zero attached hydrogens (tertiary/aromatic N) is 1. The second-order valence-electron chi connectivity index (χ2n) is 7.03. The summed E-state index contributed by atoms with van der Waals surface area (Å²) in [5.74, 6) is -1.75. The SMILES string of the molecule is CCCCOc1cc([N+](=O)[O-])ccc1C(=O)Nc1cc(-c2ccccc2)ccc1C(=O)O. The molecular weight excluding hydrogens is 412 g/mol. The summed E-state index contributed by atoms with van der Waals surface area (Å²) >= 11 is 0. The number of carboxylic acids is 1. The van der Waals surface area contributed by atoms with Gasteiger partial charge < -0.3 is 15.2 Å². The van der Waals surface area contributed by atoms with Crippen LogP contribution in [0.5, 0.6) is 5.75 Å². The summed E-state index contributed by atoms with van der Waals surface area (Å²) in [5.41, 5.74) is 1.50. The molecule has 2 N–H and O–H groups in total. The first kappa shape index (κ1) is 22.5. The number of aromatic carboxylic acids is 1. The molecule has 1 amide bonds. The average Bonchev–Trinajstić information content (AvgIpc) is 2.79. The summed E-state index contributed by atoms with van der Waals surface area (Å²) in [5, 5.41) is 23.3. The van der Waals surface area contributed by atoms with E-state index in [2.05, 4.69) is 5.32 Å². The number of benzene rings is 3. The molecule has 0 heterocycles. The fourth-order valence-corrected chi connectivity index (χ4v) is 3.09. The topological polar surface area (TPSA) is 119 Å². The van der Waals surface area contributed by atoms with Crippen LogP contribution in [0.3, 0.4) is 0 Å². The van der Waals surface area contributed by atoms with Gasteiger partial charge in [0.05, 0.1) is 34.4 Å². The number of unbranched alkanes of at least 4 members (excludes halogenated alkanes) is 1. The van der Waals surface area contributed by atoms with E-state index in [-0.39, 0.29) is 28.3 Å². The highest BCUT2D eigenvalue weighted by atomic mass is 16.6. The van der Waals surface area contributed by atoms with E-state index in [1.54, 1.807) is 12.1 Å². The van der Waals surface area contributed by atoms with Crippen LogP contribution >= 0.6 is 0 Å². The van der Waals surface area contributed by atoms with Crippen LogP contribution in [0, 0.1) is 10.1 Å². The van der Waals surface area contributed by atoms with Gasteiger partial charge >= 0.3 is 5.97 Å². The molecule has 32 heavy (non-hydrogen) atoms. The number of anilines is 1. The fraction of sp³-hybridized carbons (Fsp3) is 0.167. The molecule has 0 aliphatic heterocycles. The van der Waals surface area contributed by atoms with Crippen molar-refractivity contribution in [1.29, 1.82) is 0 Å². The number of ether oxygens (including phenoxy) is 1. The molecule has 164 valence electrons. The van der Waals surface area contributed by atoms with E-state index in [0.717, 1.165) is 17.5 Å². The van der Waals surface area contributed by atoms with Gasteiger partial charge in [0, 0.05) is 6.07 Å². The van der Waals surface area contributed by atoms with E-state index in [1.165, 1.54) is 24.3 Å². The van der Waals surface area contributed by atoms with Crippen LogP contribution in [0.15, 0.2) is 66.7 Å². The standard InChI is InChI=1S/C24H22N2O6/c1-2-3-13-32-22-15-18(26(30)31)10-12-20(22)23(27)25-21-14-17(9-11-19(21)24(28)29)16-7-5-4-6-8-16/h4-12,14-15H,2-3,13H2,1H3,(H,25,27)(H,28,29). The van der Waals surface area contributed by atoms with Crippen LogP contribution in [-0.2, 0) is 0 Å². The second-order valence-corrected chi connectivity index (χ2v) is 7.03. The smallest absolute Gasteiger partial charge is 0.337 e. The van der Waals surface area contributed by atoms with Crippen LogP contribution in [0.1, 0.15) is 40.5 Å². The van der Waals surface area contributed by atoms with Gasteiger partial charge in [-0.15, -0.1) is 0 Å². The van der Waals surface area contributed by atoms with Crippen LogP contribution in [-0.4, -0.2) is 28.5 Å². The van der Waals surface area contributed by atoms with E-state index in [0.29, 0.717) is 13.0 Å². The van der Waals surface area contributed by atoms with Gasteiger partial charge in [0.25, 0.3) is 11.6 Å². The van der Waals surface area contributed by atoms with Crippen LogP contribution in [0.25, 0.3) is 11.1 Å². The van der Waals surface area contributed by atoms with E-state index in [4.69, 9.17) is 4.74 Å². The Balaban J connectivity index is 1.96. The predicted molar refractivity (Wildman–Crippen MR) is 120 cm³/mol. The maximum Gasteiger partial charge on any atom is 0.337 e. The molecule has 8 heteroatoms. The van der Waals surface area contributed by atoms with Crippen molar-refractivity contribution < 1.29 is 24.4 Å². The Hall–Kier alpha value is -4.20. The molecule has 0 bridgehead atoms. The number of hydrogen-bond acceptors (Lipinski definition) is 5. The first-order valence-corrected chi connectivity index (χ1v) is 10.1. The molecule has 8 nitrogen and oxygen atoms in total. The molecule has 0 aromatic heterocycles. The molecule has 0 saturated carbocycles. The Labute approximate surface area is 184 Å². The molecule has 3 aromatic rings. The third-order valence-corrected chi connectivity index (χ3v) is 4.78. The zero-order chi connectivity index (χ0) is 23.1. The number of carboxylic acid groups (broad SMARTS) is 1. The number of hydrogen-bond donors (Lipinski definition) is 2. The monoisotopic (exact) mass is 434 g/mol. The Morgan fingerprint density at radius 3 is 2.38 bits per heavy atom. The fourth-order valence-electron chi connectivity index (χ4n) is 3.09. The van der Waals surface area contributed by atoms with Crippen molar-refractivity contribution in [1.82, 2.24) is 0 Å². The van der Waals surface area contributed by atoms with Gasteiger partial charge in [-0.05, 0) is 35.7 Å². The molecule has 3 rings (SSSR count). The van der Waals surface area contributed by atoms with Gasteiger partial charge in [0.2, 0.25) is 0 Å². The van der Waals surface area contributed by atoms with Gasteiger partial charge in [-0.2, -0.15) is 0 Å². The van der Waals surface area contributed by atoms with Gasteiger partial charge in [-0.1, -0.05) is 49.7 Å². The minimum absolute atomic E-state index is 0.0706. The largest absolute Gasteiger partial charge is 0.492 e. The van der Waals surface area contributed by atoms with Gasteiger partial charge in [-0.3, -0.25) is 14.9 Å². The summed E-state index contributed by atoms with van der Waals surface area (Å²) in [6.45, 7) is 2.26. The molecule has 0 radical (unpaired) electrons. The molecule has 0 aliphatic rings. The van der Waals surface area contributed by atoms with Crippen LogP contribution in [0.2, 0.25) is 0 Å². The number of nitro groups is 1. The van der Waals surface area contributed by atoms with Crippen molar-refractivity contribution in [3.63, 3.8) is 0 Å². The third kappa shape index (κ3) is 5.28. The number of amides is 1. The quantitative estimate of drug-likeness (QED) is 0.265. The Bertz CT molecular complexity index is 1140. The Morgan fingerprint density at radius 1 is 1.00 bits per heavy atom. The molecule has 0 spiro atoms. The normalized spacial score (nSPS) is 10.4. The van der Waals surface area contributed by atoms with Gasteiger partial charge in [0.1, 0.15) is 5.75 Å². The number of carbonyl (C=O) groups is 2. The lowest BCUT2D eigenvalue weighted by Gasteiger charge is -2.14. The van der Waals surface area contributed by atoms with Gasteiger partial charge in [0.15, 0.2) is 0 Å². The maximum absolute atomic E-state index is 13.0. The molecular formula is C24H22N2O6. The summed E-state index contributed by atoms with van der Waals surface area (Å²) in [4.78, 5) is 35.3. The third-order valence-electron chi connectivity index (χ3n) is 4.78. The average molecular weight is 434 g/mol. The molecule has 0 fully saturated rings. The molecule has 0 saturated heterocycles. The van der Waals surface area contributed by atoms with Crippen LogP contribution < -0.4 is 10.1 Å². The molecule has 3 aromatic carbocycles. The lowest BCUT2D eigenvalue weighted by Crippen LogP contribution is -2.16. The number of carbonyl (C=O) groups excluding carboxylic acids is 1. The highest BCUT2D eigenvalue weighted by Crippen LogP contribution is 2.29. The second kappa shape index (κ2) is 10.2. The summed E-state index contributed by atoms with van der Waals surface area (Å²) in [7, 11) is 0. The van der Waals surface area contributed by atoms with E-state index in [9.17, 15) is 24.8 Å². The van der Waals surface area contributed by atoms with Crippen molar-refractivity contribution >= 4 is 23.3 Å². The number of nitrogens with one attached hydrogen (secondary N) is 1. The lowest BCUT2D eigenvalue weighted by atomic mass is 10.0. The van der Waals surface area contributed by atoms with Crippen molar-refractivity contribution in [3.05, 3.63) is 88.0 Å².